The first-order valence-electron chi connectivity index (χ1n) is 9.29. The van der Waals surface area contributed by atoms with Gasteiger partial charge in [0.15, 0.2) is 0 Å². The molecule has 1 saturated carbocycles. The van der Waals surface area contributed by atoms with E-state index in [0.717, 1.165) is 29.9 Å². The highest BCUT2D eigenvalue weighted by atomic mass is 32.2. The van der Waals surface area contributed by atoms with Crippen LogP contribution in [0.25, 0.3) is 0 Å². The predicted molar refractivity (Wildman–Crippen MR) is 113 cm³/mol. The van der Waals surface area contributed by atoms with E-state index < -0.39 is 6.10 Å². The van der Waals surface area contributed by atoms with Crippen molar-refractivity contribution in [2.24, 2.45) is 5.92 Å². The van der Waals surface area contributed by atoms with Gasteiger partial charge in [-0.05, 0) is 35.8 Å². The van der Waals surface area contributed by atoms with E-state index in [9.17, 15) is 14.7 Å². The Morgan fingerprint density at radius 2 is 2.11 bits per heavy atom. The van der Waals surface area contributed by atoms with Gasteiger partial charge < -0.3 is 9.84 Å². The van der Waals surface area contributed by atoms with Crippen LogP contribution in [0.3, 0.4) is 0 Å². The molecule has 0 unspecified atom stereocenters. The third-order valence-electron chi connectivity index (χ3n) is 4.48. The molecule has 0 spiro atoms. The number of hydrogen-bond acceptors (Lipinski definition) is 6. The van der Waals surface area contributed by atoms with Gasteiger partial charge in [-0.15, -0.1) is 11.8 Å². The second kappa shape index (κ2) is 12.3. The van der Waals surface area contributed by atoms with Crippen LogP contribution in [-0.2, 0) is 20.7 Å². The lowest BCUT2D eigenvalue weighted by atomic mass is 10.0. The van der Waals surface area contributed by atoms with Crippen molar-refractivity contribution >= 4 is 35.3 Å². The Morgan fingerprint density at radius 3 is 2.85 bits per heavy atom. The summed E-state index contributed by atoms with van der Waals surface area (Å²) in [6.07, 6.45) is 6.39. The Labute approximate surface area is 170 Å². The van der Waals surface area contributed by atoms with Gasteiger partial charge >= 0.3 is 5.97 Å². The summed E-state index contributed by atoms with van der Waals surface area (Å²) in [7, 11) is 1.40. The van der Waals surface area contributed by atoms with Gasteiger partial charge in [0.2, 0.25) is 0 Å². The van der Waals surface area contributed by atoms with Crippen molar-refractivity contribution in [1.29, 1.82) is 0 Å². The van der Waals surface area contributed by atoms with Crippen LogP contribution < -0.4 is 0 Å². The van der Waals surface area contributed by atoms with E-state index >= 15 is 0 Å². The van der Waals surface area contributed by atoms with Crippen molar-refractivity contribution in [2.45, 2.75) is 37.0 Å². The zero-order valence-electron chi connectivity index (χ0n) is 15.7. The minimum atomic E-state index is -0.525. The van der Waals surface area contributed by atoms with Crippen molar-refractivity contribution in [3.63, 3.8) is 0 Å². The number of ether oxygens (including phenoxy) is 1. The molecule has 1 aromatic rings. The third-order valence-corrected chi connectivity index (χ3v) is 6.99. The van der Waals surface area contributed by atoms with Crippen LogP contribution in [0.4, 0.5) is 0 Å². The van der Waals surface area contributed by atoms with E-state index in [1.165, 1.54) is 7.11 Å². The number of rotatable bonds is 11. The number of hydrogen-bond donors (Lipinski definition) is 1. The third kappa shape index (κ3) is 8.11. The van der Waals surface area contributed by atoms with Gasteiger partial charge in [-0.3, -0.25) is 9.59 Å². The Morgan fingerprint density at radius 1 is 1.33 bits per heavy atom. The molecule has 0 aromatic heterocycles. The van der Waals surface area contributed by atoms with Crippen molar-refractivity contribution in [1.82, 2.24) is 0 Å². The first kappa shape index (κ1) is 22.1. The van der Waals surface area contributed by atoms with Gasteiger partial charge in [0.05, 0.1) is 24.2 Å². The van der Waals surface area contributed by atoms with Gasteiger partial charge in [0, 0.05) is 12.8 Å². The first-order valence-corrected chi connectivity index (χ1v) is 11.5. The van der Waals surface area contributed by atoms with Crippen LogP contribution in [0.5, 0.6) is 0 Å². The van der Waals surface area contributed by atoms with Crippen LogP contribution in [0, 0.1) is 5.92 Å². The smallest absolute Gasteiger partial charge is 0.315 e. The number of thioether (sulfide) groups is 2. The van der Waals surface area contributed by atoms with Gasteiger partial charge in [-0.1, -0.05) is 42.5 Å². The molecule has 1 aliphatic carbocycles. The summed E-state index contributed by atoms with van der Waals surface area (Å²) < 4.78 is 4.61. The van der Waals surface area contributed by atoms with E-state index in [4.69, 9.17) is 0 Å². The molecule has 148 valence electrons. The summed E-state index contributed by atoms with van der Waals surface area (Å²) in [6, 6.07) is 9.92. The SMILES string of the molecule is COC(=O)CSCCCS[C@H]1C(=O)CC[C@@H]1/C=C/[C@H](O)Cc1ccccc1. The normalized spacial score (nSPS) is 20.9. The summed E-state index contributed by atoms with van der Waals surface area (Å²) in [4.78, 5) is 23.2. The van der Waals surface area contributed by atoms with Crippen LogP contribution in [0.2, 0.25) is 0 Å². The molecule has 1 fully saturated rings. The molecule has 0 amide bonds. The molecule has 3 atom stereocenters. The Balaban J connectivity index is 1.72. The highest BCUT2D eigenvalue weighted by molar-refractivity contribution is 8.01. The Bertz CT molecular complexity index is 618. The monoisotopic (exact) mass is 408 g/mol. The van der Waals surface area contributed by atoms with Crippen molar-refractivity contribution in [2.75, 3.05) is 24.4 Å². The number of aliphatic hydroxyl groups is 1. The van der Waals surface area contributed by atoms with E-state index in [2.05, 4.69) is 4.74 Å². The van der Waals surface area contributed by atoms with E-state index in [1.807, 2.05) is 42.5 Å². The lowest BCUT2D eigenvalue weighted by Crippen LogP contribution is -2.17. The Kier molecular flexibility index (Phi) is 10.0. The molecular weight excluding hydrogens is 380 g/mol. The van der Waals surface area contributed by atoms with Crippen molar-refractivity contribution < 1.29 is 19.4 Å². The van der Waals surface area contributed by atoms with Crippen molar-refractivity contribution in [3.8, 4) is 0 Å². The lowest BCUT2D eigenvalue weighted by Gasteiger charge is -2.15. The topological polar surface area (TPSA) is 63.6 Å². The number of Topliss-reactive ketones (excluding diaryl/α,β-unsaturated/α-hetero) is 1. The molecule has 0 saturated heterocycles. The second-order valence-electron chi connectivity index (χ2n) is 6.58. The van der Waals surface area contributed by atoms with Gasteiger partial charge in [-0.2, -0.15) is 11.8 Å². The van der Waals surface area contributed by atoms with Crippen LogP contribution in [0.1, 0.15) is 24.8 Å². The minimum Gasteiger partial charge on any atom is -0.468 e. The standard InChI is InChI=1S/C21H28O4S2/c1-25-20(24)15-26-12-5-13-27-21-17(9-11-19(21)23)8-10-18(22)14-16-6-3-2-4-7-16/h2-4,6-8,10,17-18,21-22H,5,9,11-15H2,1H3/b10-8+/t17-,18-,21+/m0/s1. The van der Waals surface area contributed by atoms with Crippen LogP contribution in [0.15, 0.2) is 42.5 Å². The highest BCUT2D eigenvalue weighted by Gasteiger charge is 2.33. The molecule has 1 aromatic carbocycles. The van der Waals surface area contributed by atoms with Crippen LogP contribution >= 0.6 is 23.5 Å². The Hall–Kier alpha value is -1.24. The fourth-order valence-corrected chi connectivity index (χ4v) is 5.34. The highest BCUT2D eigenvalue weighted by Crippen LogP contribution is 2.34. The van der Waals surface area contributed by atoms with Gasteiger partial charge in [-0.25, -0.2) is 0 Å². The summed E-state index contributed by atoms with van der Waals surface area (Å²) in [5, 5.41) is 10.2. The first-order chi connectivity index (χ1) is 13.1. The quantitative estimate of drug-likeness (QED) is 0.343. The number of ketones is 1. The summed E-state index contributed by atoms with van der Waals surface area (Å²) in [6.45, 7) is 0. The molecule has 0 aliphatic heterocycles. The maximum absolute atomic E-state index is 12.2. The van der Waals surface area contributed by atoms with E-state index in [-0.39, 0.29) is 17.1 Å². The number of esters is 1. The number of carbonyl (C=O) groups is 2. The van der Waals surface area contributed by atoms with E-state index in [1.54, 1.807) is 23.5 Å². The average molecular weight is 409 g/mol. The molecule has 0 bridgehead atoms. The molecule has 4 nitrogen and oxygen atoms in total. The molecule has 6 heteroatoms. The van der Waals surface area contributed by atoms with Crippen molar-refractivity contribution in [3.05, 3.63) is 48.0 Å². The molecule has 1 N–H and O–H groups in total. The summed E-state index contributed by atoms with van der Waals surface area (Å²) in [5.74, 6) is 2.50. The maximum Gasteiger partial charge on any atom is 0.315 e. The molecular formula is C21H28O4S2. The molecule has 27 heavy (non-hydrogen) atoms. The largest absolute Gasteiger partial charge is 0.468 e. The van der Waals surface area contributed by atoms with Crippen LogP contribution in [-0.4, -0.2) is 52.6 Å². The molecule has 2 rings (SSSR count). The number of carbonyl (C=O) groups excluding carboxylic acids is 2. The average Bonchev–Trinajstić information content (AvgIpc) is 3.03. The summed E-state index contributed by atoms with van der Waals surface area (Å²) >= 11 is 3.27. The zero-order valence-corrected chi connectivity index (χ0v) is 17.3. The number of benzene rings is 1. The predicted octanol–water partition coefficient (Wildman–Crippen LogP) is 3.52. The van der Waals surface area contributed by atoms with Gasteiger partial charge in [0.25, 0.3) is 0 Å². The van der Waals surface area contributed by atoms with Gasteiger partial charge in [0.1, 0.15) is 5.78 Å². The molecule has 0 heterocycles. The number of methoxy groups -OCH3 is 1. The fourth-order valence-electron chi connectivity index (χ4n) is 3.04. The maximum atomic E-state index is 12.2. The zero-order chi connectivity index (χ0) is 19.5. The minimum absolute atomic E-state index is 0.00391. The lowest BCUT2D eigenvalue weighted by molar-refractivity contribution is -0.137. The number of aliphatic hydroxyl groups excluding tert-OH is 1. The molecule has 0 radical (unpaired) electrons. The summed E-state index contributed by atoms with van der Waals surface area (Å²) in [5.41, 5.74) is 1.10. The number of allylic oxidation sites excluding steroid dienone is 1. The molecule has 1 aliphatic rings. The second-order valence-corrected chi connectivity index (χ2v) is 8.94. The fraction of sp³-hybridized carbons (Fsp3) is 0.524. The van der Waals surface area contributed by atoms with E-state index in [0.29, 0.717) is 24.4 Å².